The molecule has 5 unspecified atom stereocenters. The van der Waals surface area contributed by atoms with Crippen LogP contribution in [0.1, 0.15) is 25.7 Å². The van der Waals surface area contributed by atoms with Crippen LogP contribution in [0.4, 0.5) is 4.79 Å². The Hall–Kier alpha value is -1.42. The molecule has 0 aromatic heterocycles. The molecular weight excluding hydrogens is 330 g/mol. The molecule has 0 aromatic rings. The third-order valence-corrected chi connectivity index (χ3v) is 4.69. The number of amides is 3. The molecule has 2 heterocycles. The van der Waals surface area contributed by atoms with Crippen molar-refractivity contribution in [2.75, 3.05) is 26.8 Å². The van der Waals surface area contributed by atoms with E-state index in [-0.39, 0.29) is 30.7 Å². The van der Waals surface area contributed by atoms with Gasteiger partial charge in [-0.1, -0.05) is 0 Å². The summed E-state index contributed by atoms with van der Waals surface area (Å²) in [5, 5.41) is 18.6. The average molecular weight is 357 g/mol. The zero-order valence-corrected chi connectivity index (χ0v) is 14.4. The van der Waals surface area contributed by atoms with Gasteiger partial charge < -0.3 is 35.3 Å². The van der Waals surface area contributed by atoms with Crippen LogP contribution in [0.15, 0.2) is 0 Å². The van der Waals surface area contributed by atoms with Crippen molar-refractivity contribution in [2.24, 2.45) is 0 Å². The van der Waals surface area contributed by atoms with Crippen LogP contribution in [0, 0.1) is 0 Å². The van der Waals surface area contributed by atoms with Crippen molar-refractivity contribution in [3.8, 4) is 0 Å². The minimum absolute atomic E-state index is 0.00656. The third-order valence-electron chi connectivity index (χ3n) is 4.69. The molecule has 0 aromatic carbocycles. The fourth-order valence-electron chi connectivity index (χ4n) is 3.25. The summed E-state index contributed by atoms with van der Waals surface area (Å²) in [7, 11) is 1.56. The number of methoxy groups -OCH3 is 1. The van der Waals surface area contributed by atoms with Gasteiger partial charge in [-0.3, -0.25) is 4.79 Å². The highest BCUT2D eigenvalue weighted by Crippen LogP contribution is 2.35. The molecule has 3 rings (SSSR count). The molecule has 2 saturated heterocycles. The van der Waals surface area contributed by atoms with Gasteiger partial charge in [0, 0.05) is 32.7 Å². The van der Waals surface area contributed by atoms with E-state index < -0.39 is 18.3 Å². The highest BCUT2D eigenvalue weighted by atomic mass is 16.6. The molecule has 2 aliphatic heterocycles. The fraction of sp³-hybridized carbons (Fsp3) is 0.875. The topological polar surface area (TPSA) is 118 Å². The van der Waals surface area contributed by atoms with E-state index in [0.717, 1.165) is 12.8 Å². The number of rotatable bonds is 8. The van der Waals surface area contributed by atoms with E-state index in [1.807, 2.05) is 0 Å². The van der Waals surface area contributed by atoms with E-state index in [4.69, 9.17) is 14.2 Å². The van der Waals surface area contributed by atoms with Crippen LogP contribution in [0.2, 0.25) is 0 Å². The molecule has 9 heteroatoms. The fourth-order valence-corrected chi connectivity index (χ4v) is 3.25. The van der Waals surface area contributed by atoms with Gasteiger partial charge in [0.2, 0.25) is 5.91 Å². The summed E-state index contributed by atoms with van der Waals surface area (Å²) in [6, 6.07) is 0.00110. The first-order valence-corrected chi connectivity index (χ1v) is 8.86. The monoisotopic (exact) mass is 357 g/mol. The molecule has 3 aliphatic rings. The number of aliphatic hydroxyl groups excluding tert-OH is 1. The van der Waals surface area contributed by atoms with Gasteiger partial charge in [-0.2, -0.15) is 0 Å². The zero-order valence-electron chi connectivity index (χ0n) is 14.4. The quantitative estimate of drug-likeness (QED) is 0.409. The van der Waals surface area contributed by atoms with Crippen LogP contribution >= 0.6 is 0 Å². The van der Waals surface area contributed by atoms with E-state index in [2.05, 4.69) is 16.0 Å². The number of aliphatic hydroxyl groups is 1. The maximum Gasteiger partial charge on any atom is 0.314 e. The van der Waals surface area contributed by atoms with Gasteiger partial charge >= 0.3 is 6.03 Å². The number of hydrogen-bond donors (Lipinski definition) is 4. The minimum atomic E-state index is -0.819. The summed E-state index contributed by atoms with van der Waals surface area (Å²) < 4.78 is 16.5. The smallest absolute Gasteiger partial charge is 0.314 e. The number of fused-ring (bicyclic) bond motifs is 1. The van der Waals surface area contributed by atoms with Gasteiger partial charge in [0.25, 0.3) is 0 Å². The first-order valence-electron chi connectivity index (χ1n) is 8.86. The highest BCUT2D eigenvalue weighted by molar-refractivity contribution is 5.77. The van der Waals surface area contributed by atoms with Crippen LogP contribution in [0.5, 0.6) is 0 Å². The summed E-state index contributed by atoms with van der Waals surface area (Å²) >= 11 is 0. The maximum atomic E-state index is 11.8. The van der Waals surface area contributed by atoms with Crippen LogP contribution in [-0.2, 0) is 19.0 Å². The normalized spacial score (nSPS) is 33.8. The number of urea groups is 1. The first kappa shape index (κ1) is 18.4. The second kappa shape index (κ2) is 8.31. The largest absolute Gasteiger partial charge is 0.388 e. The van der Waals surface area contributed by atoms with Crippen LogP contribution in [0.25, 0.3) is 0 Å². The lowest BCUT2D eigenvalue weighted by Gasteiger charge is -2.20. The molecular formula is C16H27N3O6. The predicted molar refractivity (Wildman–Crippen MR) is 87.0 cm³/mol. The van der Waals surface area contributed by atoms with Crippen molar-refractivity contribution in [3.05, 3.63) is 0 Å². The molecule has 1 saturated carbocycles. The van der Waals surface area contributed by atoms with Gasteiger partial charge in [0.1, 0.15) is 18.3 Å². The molecule has 1 aliphatic carbocycles. The Morgan fingerprint density at radius 1 is 1.24 bits per heavy atom. The highest BCUT2D eigenvalue weighted by Gasteiger charge is 2.50. The van der Waals surface area contributed by atoms with Crippen molar-refractivity contribution in [1.29, 1.82) is 0 Å². The molecule has 5 atom stereocenters. The number of hydrogen-bond acceptors (Lipinski definition) is 6. The van der Waals surface area contributed by atoms with Gasteiger partial charge in [0.15, 0.2) is 0 Å². The maximum absolute atomic E-state index is 11.8. The summed E-state index contributed by atoms with van der Waals surface area (Å²) in [4.78, 5) is 23.4. The summed E-state index contributed by atoms with van der Waals surface area (Å²) in [5.41, 5.74) is 0. The summed E-state index contributed by atoms with van der Waals surface area (Å²) in [6.45, 7) is 1.04. The SMILES string of the molecule is COCCNC(=O)NCC1OC2CC(CC(=O)NC3CC3)OC2C1O. The minimum Gasteiger partial charge on any atom is -0.388 e. The van der Waals surface area contributed by atoms with Gasteiger partial charge in [-0.05, 0) is 12.8 Å². The Kier molecular flexibility index (Phi) is 6.10. The lowest BCUT2D eigenvalue weighted by Crippen LogP contribution is -2.44. The number of carbonyl (C=O) groups excluding carboxylic acids is 2. The Labute approximate surface area is 146 Å². The van der Waals surface area contributed by atoms with Crippen LogP contribution in [-0.4, -0.2) is 80.4 Å². The summed E-state index contributed by atoms with van der Waals surface area (Å²) in [5.74, 6) is -0.00656. The second-order valence-electron chi connectivity index (χ2n) is 6.84. The Morgan fingerprint density at radius 3 is 2.72 bits per heavy atom. The molecule has 0 radical (unpaired) electrons. The Balaban J connectivity index is 1.36. The van der Waals surface area contributed by atoms with E-state index in [0.29, 0.717) is 32.0 Å². The van der Waals surface area contributed by atoms with Crippen molar-refractivity contribution >= 4 is 11.9 Å². The standard InChI is InChI=1S/C16H27N3O6/c1-23-5-4-17-16(22)18-8-12-14(21)15-11(25-12)6-10(24-15)7-13(20)19-9-2-3-9/h9-12,14-15,21H,2-8H2,1H3,(H,19,20)(H2,17,18,22). The Morgan fingerprint density at radius 2 is 2.04 bits per heavy atom. The van der Waals surface area contributed by atoms with Crippen molar-refractivity contribution in [3.63, 3.8) is 0 Å². The van der Waals surface area contributed by atoms with E-state index in [1.165, 1.54) is 0 Å². The van der Waals surface area contributed by atoms with Crippen molar-refractivity contribution in [1.82, 2.24) is 16.0 Å². The van der Waals surface area contributed by atoms with Gasteiger partial charge in [-0.15, -0.1) is 0 Å². The summed E-state index contributed by atoms with van der Waals surface area (Å²) in [6.07, 6.45) is 0.746. The van der Waals surface area contributed by atoms with Crippen molar-refractivity contribution in [2.45, 2.75) is 62.2 Å². The number of carbonyl (C=O) groups is 2. The zero-order chi connectivity index (χ0) is 17.8. The van der Waals surface area contributed by atoms with Gasteiger partial charge in [-0.25, -0.2) is 4.79 Å². The predicted octanol–water partition coefficient (Wildman–Crippen LogP) is -1.11. The van der Waals surface area contributed by atoms with E-state index in [9.17, 15) is 14.7 Å². The molecule has 3 amide bonds. The Bertz CT molecular complexity index is 486. The second-order valence-corrected chi connectivity index (χ2v) is 6.84. The lowest BCUT2D eigenvalue weighted by molar-refractivity contribution is -0.124. The molecule has 0 spiro atoms. The van der Waals surface area contributed by atoms with Crippen LogP contribution < -0.4 is 16.0 Å². The van der Waals surface area contributed by atoms with E-state index in [1.54, 1.807) is 7.11 Å². The number of nitrogens with one attached hydrogen (secondary N) is 3. The van der Waals surface area contributed by atoms with Crippen LogP contribution in [0.3, 0.4) is 0 Å². The van der Waals surface area contributed by atoms with Crippen molar-refractivity contribution < 1.29 is 28.9 Å². The first-order chi connectivity index (χ1) is 12.1. The molecule has 0 bridgehead atoms. The van der Waals surface area contributed by atoms with Gasteiger partial charge in [0.05, 0.1) is 25.2 Å². The molecule has 142 valence electrons. The molecule has 25 heavy (non-hydrogen) atoms. The molecule has 9 nitrogen and oxygen atoms in total. The number of ether oxygens (including phenoxy) is 3. The lowest BCUT2D eigenvalue weighted by atomic mass is 10.1. The van der Waals surface area contributed by atoms with E-state index >= 15 is 0 Å². The molecule has 4 N–H and O–H groups in total. The molecule has 3 fully saturated rings. The average Bonchev–Trinajstić information content (AvgIpc) is 3.22. The third kappa shape index (κ3) is 5.04.